The Morgan fingerprint density at radius 3 is 2.72 bits per heavy atom. The zero-order valence-electron chi connectivity index (χ0n) is 10.8. The first-order valence-electron chi connectivity index (χ1n) is 6.17. The molecule has 4 heteroatoms. The van der Waals surface area contributed by atoms with Crippen LogP contribution >= 0.6 is 0 Å². The third-order valence-corrected chi connectivity index (χ3v) is 2.97. The van der Waals surface area contributed by atoms with Gasteiger partial charge in [-0.1, -0.05) is 18.2 Å². The number of nitrogens with zero attached hydrogens (tertiary/aromatic N) is 1. The van der Waals surface area contributed by atoms with Gasteiger partial charge < -0.3 is 15.0 Å². The van der Waals surface area contributed by atoms with Crippen LogP contribution in [-0.2, 0) is 17.8 Å². The number of ether oxygens (including phenoxy) is 1. The summed E-state index contributed by atoms with van der Waals surface area (Å²) in [6.07, 6.45) is 0.704. The topological polar surface area (TPSA) is 57.2 Å². The first-order valence-corrected chi connectivity index (χ1v) is 6.17. The summed E-state index contributed by atoms with van der Waals surface area (Å²) in [4.78, 5) is 11.2. The van der Waals surface area contributed by atoms with Crippen molar-refractivity contribution in [3.05, 3.63) is 29.8 Å². The molecule has 1 aromatic heterocycles. The Morgan fingerprint density at radius 1 is 1.39 bits per heavy atom. The van der Waals surface area contributed by atoms with E-state index in [4.69, 9.17) is 10.5 Å². The molecule has 4 nitrogen and oxygen atoms in total. The highest BCUT2D eigenvalue weighted by atomic mass is 16.5. The summed E-state index contributed by atoms with van der Waals surface area (Å²) < 4.78 is 7.39. The molecule has 0 aliphatic carbocycles. The van der Waals surface area contributed by atoms with Gasteiger partial charge in [0, 0.05) is 24.4 Å². The zero-order valence-corrected chi connectivity index (χ0v) is 10.8. The van der Waals surface area contributed by atoms with Gasteiger partial charge in [-0.05, 0) is 26.0 Å². The minimum Gasteiger partial charge on any atom is -0.409 e. The second-order valence-corrected chi connectivity index (χ2v) is 4.18. The van der Waals surface area contributed by atoms with Crippen LogP contribution in [0.4, 0.5) is 0 Å². The zero-order chi connectivity index (χ0) is 13.1. The Balaban J connectivity index is 2.69. The van der Waals surface area contributed by atoms with Gasteiger partial charge >= 0.3 is 5.97 Å². The highest BCUT2D eigenvalue weighted by molar-refractivity contribution is 5.88. The molecule has 18 heavy (non-hydrogen) atoms. The molecule has 2 aromatic rings. The molecule has 0 unspecified atom stereocenters. The second kappa shape index (κ2) is 5.23. The van der Waals surface area contributed by atoms with Crippen molar-refractivity contribution in [2.75, 3.05) is 6.54 Å². The van der Waals surface area contributed by atoms with Crippen molar-refractivity contribution in [3.8, 4) is 5.88 Å². The maximum atomic E-state index is 11.2. The minimum atomic E-state index is -0.300. The molecule has 0 saturated heterocycles. The Morgan fingerprint density at radius 2 is 2.11 bits per heavy atom. The number of nitrogens with two attached hydrogens (primary N) is 1. The molecule has 0 spiro atoms. The largest absolute Gasteiger partial charge is 0.409 e. The number of carbonyl (C=O) groups excluding carboxylic acids is 1. The molecule has 0 aliphatic rings. The minimum absolute atomic E-state index is 0.300. The number of hydrogen-bond acceptors (Lipinski definition) is 3. The fraction of sp³-hybridized carbons (Fsp3) is 0.357. The van der Waals surface area contributed by atoms with Gasteiger partial charge in [0.05, 0.1) is 5.52 Å². The van der Waals surface area contributed by atoms with E-state index in [9.17, 15) is 4.79 Å². The normalized spacial score (nSPS) is 10.8. The van der Waals surface area contributed by atoms with Crippen LogP contribution in [-0.4, -0.2) is 17.1 Å². The molecule has 1 heterocycles. The monoisotopic (exact) mass is 246 g/mol. The smallest absolute Gasteiger partial charge is 0.309 e. The first-order chi connectivity index (χ1) is 8.69. The third-order valence-electron chi connectivity index (χ3n) is 2.97. The van der Waals surface area contributed by atoms with E-state index in [-0.39, 0.29) is 5.97 Å². The lowest BCUT2D eigenvalue weighted by atomic mass is 10.1. The van der Waals surface area contributed by atoms with Gasteiger partial charge in [0.1, 0.15) is 0 Å². The molecule has 0 bridgehead atoms. The summed E-state index contributed by atoms with van der Waals surface area (Å²) in [7, 11) is 0. The van der Waals surface area contributed by atoms with Gasteiger partial charge in [-0.2, -0.15) is 0 Å². The summed E-state index contributed by atoms with van der Waals surface area (Å²) in [5.41, 5.74) is 7.75. The van der Waals surface area contributed by atoms with Crippen LogP contribution < -0.4 is 10.5 Å². The van der Waals surface area contributed by atoms with E-state index in [1.807, 2.05) is 35.8 Å². The molecule has 0 saturated carbocycles. The molecule has 96 valence electrons. The van der Waals surface area contributed by atoms with Crippen molar-refractivity contribution in [1.29, 1.82) is 0 Å². The second-order valence-electron chi connectivity index (χ2n) is 4.18. The Hall–Kier alpha value is -1.81. The van der Waals surface area contributed by atoms with Gasteiger partial charge in [0.15, 0.2) is 0 Å². The standard InChI is InChI=1S/C14H18N2O2/c1-3-16-13-7-5-4-6-11(13)12(8-9-15)14(16)18-10(2)17/h4-7H,3,8-9,15H2,1-2H3. The number of benzene rings is 1. The van der Waals surface area contributed by atoms with Gasteiger partial charge in [-0.3, -0.25) is 4.79 Å². The number of para-hydroxylation sites is 1. The van der Waals surface area contributed by atoms with E-state index in [0.29, 0.717) is 18.8 Å². The first kappa shape index (κ1) is 12.6. The highest BCUT2D eigenvalue weighted by Crippen LogP contribution is 2.32. The van der Waals surface area contributed by atoms with Crippen LogP contribution in [0.1, 0.15) is 19.4 Å². The van der Waals surface area contributed by atoms with E-state index in [0.717, 1.165) is 23.0 Å². The van der Waals surface area contributed by atoms with Crippen LogP contribution in [0.15, 0.2) is 24.3 Å². The summed E-state index contributed by atoms with van der Waals surface area (Å²) in [5.74, 6) is 0.336. The van der Waals surface area contributed by atoms with Crippen LogP contribution in [0.2, 0.25) is 0 Å². The highest BCUT2D eigenvalue weighted by Gasteiger charge is 2.17. The lowest BCUT2D eigenvalue weighted by molar-refractivity contribution is -0.132. The number of aryl methyl sites for hydroxylation is 1. The lowest BCUT2D eigenvalue weighted by Crippen LogP contribution is -2.10. The molecule has 0 amide bonds. The van der Waals surface area contributed by atoms with E-state index in [1.54, 1.807) is 0 Å². The number of aromatic nitrogens is 1. The summed E-state index contributed by atoms with van der Waals surface area (Å²) in [6, 6.07) is 8.05. The molecular weight excluding hydrogens is 228 g/mol. The number of esters is 1. The maximum Gasteiger partial charge on any atom is 0.309 e. The van der Waals surface area contributed by atoms with Crippen molar-refractivity contribution in [3.63, 3.8) is 0 Å². The molecule has 2 rings (SSSR count). The fourth-order valence-electron chi connectivity index (χ4n) is 2.30. The van der Waals surface area contributed by atoms with Crippen LogP contribution in [0.3, 0.4) is 0 Å². The SMILES string of the molecule is CCn1c(OC(C)=O)c(CCN)c2ccccc21. The molecule has 0 radical (unpaired) electrons. The Kier molecular flexibility index (Phi) is 3.67. The number of fused-ring (bicyclic) bond motifs is 1. The molecular formula is C14H18N2O2. The van der Waals surface area contributed by atoms with Gasteiger partial charge in [0.2, 0.25) is 5.88 Å². The van der Waals surface area contributed by atoms with Gasteiger partial charge in [0.25, 0.3) is 0 Å². The molecule has 0 atom stereocenters. The quantitative estimate of drug-likeness (QED) is 0.840. The number of rotatable bonds is 4. The van der Waals surface area contributed by atoms with Crippen LogP contribution in [0.25, 0.3) is 10.9 Å². The number of carbonyl (C=O) groups is 1. The van der Waals surface area contributed by atoms with Gasteiger partial charge in [-0.15, -0.1) is 0 Å². The van der Waals surface area contributed by atoms with Crippen molar-refractivity contribution < 1.29 is 9.53 Å². The van der Waals surface area contributed by atoms with Crippen molar-refractivity contribution in [1.82, 2.24) is 4.57 Å². The lowest BCUT2D eigenvalue weighted by Gasteiger charge is -2.08. The fourth-order valence-corrected chi connectivity index (χ4v) is 2.30. The van der Waals surface area contributed by atoms with E-state index < -0.39 is 0 Å². The Bertz CT molecular complexity index is 572. The average Bonchev–Trinajstić information content (AvgIpc) is 2.63. The number of hydrogen-bond donors (Lipinski definition) is 1. The van der Waals surface area contributed by atoms with E-state index in [2.05, 4.69) is 0 Å². The van der Waals surface area contributed by atoms with Gasteiger partial charge in [-0.25, -0.2) is 0 Å². The summed E-state index contributed by atoms with van der Waals surface area (Å²) >= 11 is 0. The molecule has 2 N–H and O–H groups in total. The van der Waals surface area contributed by atoms with Crippen LogP contribution in [0.5, 0.6) is 5.88 Å². The predicted octanol–water partition coefficient (Wildman–Crippen LogP) is 2.09. The summed E-state index contributed by atoms with van der Waals surface area (Å²) in [5, 5.41) is 1.11. The molecule has 0 aliphatic heterocycles. The molecule has 1 aromatic carbocycles. The van der Waals surface area contributed by atoms with Crippen LogP contribution in [0, 0.1) is 0 Å². The summed E-state index contributed by atoms with van der Waals surface area (Å²) in [6.45, 7) is 4.75. The predicted molar refractivity (Wildman–Crippen MR) is 71.7 cm³/mol. The maximum absolute atomic E-state index is 11.2. The van der Waals surface area contributed by atoms with Crippen molar-refractivity contribution >= 4 is 16.9 Å². The average molecular weight is 246 g/mol. The molecule has 0 fully saturated rings. The van der Waals surface area contributed by atoms with Crippen molar-refractivity contribution in [2.24, 2.45) is 5.73 Å². The van der Waals surface area contributed by atoms with Crippen molar-refractivity contribution in [2.45, 2.75) is 26.8 Å². The van der Waals surface area contributed by atoms with E-state index in [1.165, 1.54) is 6.92 Å². The Labute approximate surface area is 106 Å². The third kappa shape index (κ3) is 2.11. The van der Waals surface area contributed by atoms with E-state index >= 15 is 0 Å².